The highest BCUT2D eigenvalue weighted by atomic mass is 28.4. The average Bonchev–Trinajstić information content (AvgIpc) is 2.52. The number of unbranched alkanes of at least 4 members (excludes halogenated alkanes) is 12. The number of hydrogen-bond donors (Lipinski definition) is 0. The Morgan fingerprint density at radius 2 is 0.783 bits per heavy atom. The zero-order valence-electron chi connectivity index (χ0n) is 16.6. The van der Waals surface area contributed by atoms with E-state index in [4.69, 9.17) is 8.85 Å². The summed E-state index contributed by atoms with van der Waals surface area (Å²) in [4.78, 5) is 0. The van der Waals surface area contributed by atoms with E-state index in [1.807, 2.05) is 0 Å². The molecule has 0 atom stereocenters. The predicted octanol–water partition coefficient (Wildman–Crippen LogP) is 7.22. The molecule has 0 heterocycles. The van der Waals surface area contributed by atoms with Crippen LogP contribution in [-0.2, 0) is 8.85 Å². The van der Waals surface area contributed by atoms with Gasteiger partial charge in [0.1, 0.15) is 0 Å². The molecular weight excluding hydrogens is 300 g/mol. The van der Waals surface area contributed by atoms with Crippen molar-refractivity contribution in [1.82, 2.24) is 0 Å². The van der Waals surface area contributed by atoms with E-state index >= 15 is 0 Å². The molecule has 0 unspecified atom stereocenters. The van der Waals surface area contributed by atoms with Crippen molar-refractivity contribution in [2.75, 3.05) is 13.2 Å². The molecule has 0 aliphatic heterocycles. The van der Waals surface area contributed by atoms with E-state index in [1.165, 1.54) is 89.9 Å². The van der Waals surface area contributed by atoms with E-state index in [2.05, 4.69) is 26.9 Å². The van der Waals surface area contributed by atoms with Gasteiger partial charge in [-0.05, 0) is 25.9 Å². The maximum Gasteiger partial charge on any atom is 0.331 e. The molecular formula is C20H44O2Si. The molecule has 0 aromatic heterocycles. The van der Waals surface area contributed by atoms with Crippen LogP contribution in [0.2, 0.25) is 13.1 Å². The Hall–Kier alpha value is 0.137. The van der Waals surface area contributed by atoms with Gasteiger partial charge in [-0.2, -0.15) is 0 Å². The van der Waals surface area contributed by atoms with Crippen molar-refractivity contribution in [2.45, 2.75) is 117 Å². The molecule has 0 aliphatic carbocycles. The van der Waals surface area contributed by atoms with Gasteiger partial charge in [-0.3, -0.25) is 0 Å². The summed E-state index contributed by atoms with van der Waals surface area (Å²) in [6.45, 7) is 10.7. The van der Waals surface area contributed by atoms with E-state index in [0.717, 1.165) is 13.2 Å². The van der Waals surface area contributed by atoms with Gasteiger partial charge in [0.25, 0.3) is 0 Å². The van der Waals surface area contributed by atoms with Crippen LogP contribution in [0.1, 0.15) is 104 Å². The average molecular weight is 345 g/mol. The van der Waals surface area contributed by atoms with Crippen LogP contribution in [0.15, 0.2) is 0 Å². The molecule has 0 N–H and O–H groups in total. The minimum atomic E-state index is -1.86. The first-order chi connectivity index (χ1) is 11.1. The predicted molar refractivity (Wildman–Crippen MR) is 105 cm³/mol. The summed E-state index contributed by atoms with van der Waals surface area (Å²) < 4.78 is 12.0. The van der Waals surface area contributed by atoms with Crippen LogP contribution >= 0.6 is 0 Å². The molecule has 0 aromatic rings. The second-order valence-corrected chi connectivity index (χ2v) is 10.7. The molecule has 0 saturated carbocycles. The first kappa shape index (κ1) is 23.1. The van der Waals surface area contributed by atoms with E-state index in [-0.39, 0.29) is 0 Å². The van der Waals surface area contributed by atoms with Crippen molar-refractivity contribution in [1.29, 1.82) is 0 Å². The van der Waals surface area contributed by atoms with Crippen molar-refractivity contribution in [3.63, 3.8) is 0 Å². The zero-order valence-corrected chi connectivity index (χ0v) is 17.6. The van der Waals surface area contributed by atoms with Gasteiger partial charge in [-0.15, -0.1) is 0 Å². The summed E-state index contributed by atoms with van der Waals surface area (Å²) >= 11 is 0. The Morgan fingerprint density at radius 3 is 1.17 bits per heavy atom. The highest BCUT2D eigenvalue weighted by molar-refractivity contribution is 6.64. The Kier molecular flexibility index (Phi) is 17.1. The molecule has 140 valence electrons. The lowest BCUT2D eigenvalue weighted by Crippen LogP contribution is -2.35. The van der Waals surface area contributed by atoms with Crippen molar-refractivity contribution >= 4 is 8.56 Å². The summed E-state index contributed by atoms with van der Waals surface area (Å²) in [6, 6.07) is 0. The van der Waals surface area contributed by atoms with Crippen LogP contribution in [-0.4, -0.2) is 21.8 Å². The van der Waals surface area contributed by atoms with Crippen molar-refractivity contribution < 1.29 is 8.85 Å². The fraction of sp³-hybridized carbons (Fsp3) is 1.00. The SMILES string of the molecule is CCCCCCCCCCCCO[Si](C)(C)OCCCCCC. The normalized spacial score (nSPS) is 12.0. The lowest BCUT2D eigenvalue weighted by Gasteiger charge is -2.22. The van der Waals surface area contributed by atoms with Crippen LogP contribution in [0.4, 0.5) is 0 Å². The third kappa shape index (κ3) is 18.3. The minimum absolute atomic E-state index is 0.886. The van der Waals surface area contributed by atoms with Crippen molar-refractivity contribution in [3.8, 4) is 0 Å². The summed E-state index contributed by atoms with van der Waals surface area (Å²) in [7, 11) is -1.86. The summed E-state index contributed by atoms with van der Waals surface area (Å²) in [6.07, 6.45) is 18.9. The fourth-order valence-electron chi connectivity index (χ4n) is 2.80. The number of rotatable bonds is 18. The van der Waals surface area contributed by atoms with Crippen LogP contribution in [0.3, 0.4) is 0 Å². The smallest absolute Gasteiger partial charge is 0.331 e. The summed E-state index contributed by atoms with van der Waals surface area (Å²) in [5.74, 6) is 0. The first-order valence-electron chi connectivity index (χ1n) is 10.4. The van der Waals surface area contributed by atoms with Gasteiger partial charge in [0.05, 0.1) is 0 Å². The summed E-state index contributed by atoms with van der Waals surface area (Å²) in [5.41, 5.74) is 0. The van der Waals surface area contributed by atoms with Gasteiger partial charge in [0.2, 0.25) is 0 Å². The van der Waals surface area contributed by atoms with Gasteiger partial charge in [0, 0.05) is 13.2 Å². The molecule has 0 fully saturated rings. The van der Waals surface area contributed by atoms with Gasteiger partial charge in [-0.25, -0.2) is 0 Å². The molecule has 0 saturated heterocycles. The van der Waals surface area contributed by atoms with E-state index in [9.17, 15) is 0 Å². The highest BCUT2D eigenvalue weighted by Crippen LogP contribution is 2.13. The lowest BCUT2D eigenvalue weighted by atomic mass is 10.1. The van der Waals surface area contributed by atoms with Gasteiger partial charge >= 0.3 is 8.56 Å². The molecule has 0 aromatic carbocycles. The van der Waals surface area contributed by atoms with Crippen molar-refractivity contribution in [2.24, 2.45) is 0 Å². The van der Waals surface area contributed by atoms with Crippen LogP contribution < -0.4 is 0 Å². The quantitative estimate of drug-likeness (QED) is 0.193. The lowest BCUT2D eigenvalue weighted by molar-refractivity contribution is 0.173. The zero-order chi connectivity index (χ0) is 17.2. The topological polar surface area (TPSA) is 18.5 Å². The van der Waals surface area contributed by atoms with Gasteiger partial charge in [0.15, 0.2) is 0 Å². The molecule has 0 aliphatic rings. The summed E-state index contributed by atoms with van der Waals surface area (Å²) in [5, 5.41) is 0. The van der Waals surface area contributed by atoms with Crippen LogP contribution in [0, 0.1) is 0 Å². The maximum absolute atomic E-state index is 6.02. The Morgan fingerprint density at radius 1 is 0.478 bits per heavy atom. The minimum Gasteiger partial charge on any atom is -0.395 e. The van der Waals surface area contributed by atoms with E-state index < -0.39 is 8.56 Å². The second-order valence-electron chi connectivity index (χ2n) is 7.34. The van der Waals surface area contributed by atoms with Crippen LogP contribution in [0.5, 0.6) is 0 Å². The number of hydrogen-bond acceptors (Lipinski definition) is 2. The van der Waals surface area contributed by atoms with Gasteiger partial charge < -0.3 is 8.85 Å². The molecule has 3 heteroatoms. The van der Waals surface area contributed by atoms with Crippen molar-refractivity contribution in [3.05, 3.63) is 0 Å². The van der Waals surface area contributed by atoms with Gasteiger partial charge in [-0.1, -0.05) is 90.9 Å². The third-order valence-corrected chi connectivity index (χ3v) is 6.19. The second kappa shape index (κ2) is 17.0. The monoisotopic (exact) mass is 344 g/mol. The first-order valence-corrected chi connectivity index (χ1v) is 13.2. The third-order valence-electron chi connectivity index (χ3n) is 4.40. The Bertz CT molecular complexity index is 232. The molecule has 23 heavy (non-hydrogen) atoms. The molecule has 0 amide bonds. The molecule has 0 radical (unpaired) electrons. The maximum atomic E-state index is 6.02. The van der Waals surface area contributed by atoms with Crippen LogP contribution in [0.25, 0.3) is 0 Å². The molecule has 0 spiro atoms. The standard InChI is InChI=1S/C20H44O2Si/c1-5-7-9-11-12-13-14-15-16-18-20-22-23(3,4)21-19-17-10-8-6-2/h5-20H2,1-4H3. The molecule has 2 nitrogen and oxygen atoms in total. The largest absolute Gasteiger partial charge is 0.395 e. The fourth-order valence-corrected chi connectivity index (χ4v) is 4.15. The highest BCUT2D eigenvalue weighted by Gasteiger charge is 2.23. The molecule has 0 bridgehead atoms. The van der Waals surface area contributed by atoms with E-state index in [1.54, 1.807) is 0 Å². The van der Waals surface area contributed by atoms with E-state index in [0.29, 0.717) is 0 Å². The molecule has 0 rings (SSSR count). The Balaban J connectivity index is 3.28. The Labute approximate surface area is 148 Å².